The Labute approximate surface area is 326 Å². The molecule has 54 heavy (non-hydrogen) atoms. The molecule has 0 heterocycles. The van der Waals surface area contributed by atoms with Crippen LogP contribution < -0.4 is 5.73 Å². The molecule has 0 saturated heterocycles. The van der Waals surface area contributed by atoms with Gasteiger partial charge in [0.25, 0.3) is 0 Å². The molecule has 0 fully saturated rings. The number of phosphoric acid groups is 1. The lowest BCUT2D eigenvalue weighted by Crippen LogP contribution is -2.29. The van der Waals surface area contributed by atoms with Crippen LogP contribution in [0.3, 0.4) is 0 Å². The Bertz CT molecular complexity index is 1220. The van der Waals surface area contributed by atoms with E-state index in [1.807, 2.05) is 36.5 Å². The van der Waals surface area contributed by atoms with Gasteiger partial charge >= 0.3 is 19.8 Å². The lowest BCUT2D eigenvalue weighted by molar-refractivity contribution is -0.161. The fraction of sp³-hybridized carbons (Fsp3) is 0.581. The molecule has 0 aliphatic rings. The lowest BCUT2D eigenvalue weighted by atomic mass is 10.1. The van der Waals surface area contributed by atoms with Crippen LogP contribution in [0.25, 0.3) is 0 Å². The van der Waals surface area contributed by atoms with Crippen molar-refractivity contribution >= 4 is 19.8 Å². The number of allylic oxidation sites excluding steroid dienone is 14. The van der Waals surface area contributed by atoms with Gasteiger partial charge in [-0.2, -0.15) is 0 Å². The van der Waals surface area contributed by atoms with Crippen LogP contribution in [0.15, 0.2) is 97.2 Å². The first kappa shape index (κ1) is 50.9. The van der Waals surface area contributed by atoms with Crippen LogP contribution in [-0.4, -0.2) is 60.5 Å². The molecule has 0 aromatic rings. The van der Waals surface area contributed by atoms with Gasteiger partial charge in [0.1, 0.15) is 6.61 Å². The molecule has 3 atom stereocenters. The minimum Gasteiger partial charge on any atom is -0.462 e. The van der Waals surface area contributed by atoms with E-state index in [1.165, 1.54) is 19.3 Å². The quantitative estimate of drug-likeness (QED) is 0.0186. The Kier molecular flexibility index (Phi) is 36.0. The Morgan fingerprint density at radius 1 is 0.667 bits per heavy atom. The molecule has 0 spiro atoms. The van der Waals surface area contributed by atoms with Gasteiger partial charge in [0.2, 0.25) is 0 Å². The molecule has 306 valence electrons. The number of aliphatic hydroxyl groups excluding tert-OH is 1. The summed E-state index contributed by atoms with van der Waals surface area (Å²) in [5.74, 6) is -0.995. The summed E-state index contributed by atoms with van der Waals surface area (Å²) in [5, 5.41) is 10.0. The Hall–Kier alpha value is -3.11. The van der Waals surface area contributed by atoms with Crippen molar-refractivity contribution in [2.24, 2.45) is 5.73 Å². The van der Waals surface area contributed by atoms with Gasteiger partial charge in [-0.15, -0.1) is 0 Å². The zero-order chi connectivity index (χ0) is 39.8. The number of carbonyl (C=O) groups excluding carboxylic acids is 2. The molecular formula is C43H70NO9P. The average Bonchev–Trinajstić information content (AvgIpc) is 3.15. The molecule has 0 bridgehead atoms. The second-order valence-corrected chi connectivity index (χ2v) is 14.1. The summed E-state index contributed by atoms with van der Waals surface area (Å²) in [6.45, 7) is 3.34. The number of unbranched alkanes of at least 4 members (excludes halogenated alkanes) is 6. The van der Waals surface area contributed by atoms with Gasteiger partial charge in [-0.1, -0.05) is 124 Å². The molecular weight excluding hydrogens is 705 g/mol. The van der Waals surface area contributed by atoms with Crippen LogP contribution in [0, 0.1) is 0 Å². The highest BCUT2D eigenvalue weighted by molar-refractivity contribution is 7.47. The number of carbonyl (C=O) groups is 2. The smallest absolute Gasteiger partial charge is 0.462 e. The zero-order valence-electron chi connectivity index (χ0n) is 33.0. The van der Waals surface area contributed by atoms with Crippen LogP contribution in [0.4, 0.5) is 0 Å². The van der Waals surface area contributed by atoms with E-state index in [-0.39, 0.29) is 32.6 Å². The fourth-order valence-electron chi connectivity index (χ4n) is 4.58. The van der Waals surface area contributed by atoms with E-state index in [9.17, 15) is 24.2 Å². The number of nitrogens with two attached hydrogens (primary N) is 1. The van der Waals surface area contributed by atoms with Crippen LogP contribution in [0.1, 0.15) is 123 Å². The number of hydrogen-bond acceptors (Lipinski definition) is 9. The third kappa shape index (κ3) is 37.2. The van der Waals surface area contributed by atoms with Crippen molar-refractivity contribution in [1.82, 2.24) is 0 Å². The van der Waals surface area contributed by atoms with Crippen LogP contribution in [-0.2, 0) is 32.7 Å². The maximum absolute atomic E-state index is 12.5. The summed E-state index contributed by atoms with van der Waals surface area (Å²) < 4.78 is 32.5. The van der Waals surface area contributed by atoms with Gasteiger partial charge in [-0.3, -0.25) is 18.6 Å². The topological polar surface area (TPSA) is 155 Å². The second kappa shape index (κ2) is 38.2. The van der Waals surface area contributed by atoms with Crippen molar-refractivity contribution in [2.45, 2.75) is 135 Å². The highest BCUT2D eigenvalue weighted by atomic mass is 31.2. The standard InChI is InChI=1S/C43H70NO9P/c1-3-5-7-9-11-12-13-14-15-16-17-18-22-26-30-34-42(46)50-38-41(39-52-54(48,49)51-37-36-44)53-43(47)35-31-27-23-20-19-21-25-29-33-40(45)32-28-24-10-8-6-4-2/h5,7,11-12,14-15,17-18,20-21,23-25,28-29,33,40-41,45H,3-4,6,8-10,13,16,19,22,26-27,30-32,34-39,44H2,1-2H3,(H,48,49)/b7-5-,12-11-,15-14-,18-17-,23-20-,25-21-,28-24-,33-29+/t40-,41+/m0/s1. The largest absolute Gasteiger partial charge is 0.472 e. The Balaban J connectivity index is 4.47. The van der Waals surface area contributed by atoms with Gasteiger partial charge in [0.15, 0.2) is 6.10 Å². The molecule has 0 radical (unpaired) electrons. The van der Waals surface area contributed by atoms with Crippen molar-refractivity contribution in [3.63, 3.8) is 0 Å². The molecule has 0 aromatic heterocycles. The molecule has 0 aromatic carbocycles. The summed E-state index contributed by atoms with van der Waals surface area (Å²) in [6.07, 6.45) is 44.8. The minimum absolute atomic E-state index is 0.0233. The van der Waals surface area contributed by atoms with E-state index in [1.54, 1.807) is 6.08 Å². The molecule has 11 heteroatoms. The van der Waals surface area contributed by atoms with Crippen molar-refractivity contribution < 1.29 is 42.7 Å². The average molecular weight is 776 g/mol. The van der Waals surface area contributed by atoms with Gasteiger partial charge in [-0.05, 0) is 83.5 Å². The van der Waals surface area contributed by atoms with Crippen LogP contribution >= 0.6 is 7.82 Å². The first-order valence-electron chi connectivity index (χ1n) is 19.8. The summed E-state index contributed by atoms with van der Waals surface area (Å²) in [4.78, 5) is 34.7. The van der Waals surface area contributed by atoms with Crippen LogP contribution in [0.2, 0.25) is 0 Å². The predicted octanol–water partition coefficient (Wildman–Crippen LogP) is 10.0. The molecule has 0 rings (SSSR count). The third-order valence-corrected chi connectivity index (χ3v) is 8.52. The van der Waals surface area contributed by atoms with Crippen molar-refractivity contribution in [3.8, 4) is 0 Å². The van der Waals surface area contributed by atoms with E-state index in [0.29, 0.717) is 32.1 Å². The lowest BCUT2D eigenvalue weighted by Gasteiger charge is -2.19. The maximum Gasteiger partial charge on any atom is 0.472 e. The normalized spacial score (nSPS) is 15.0. The SMILES string of the molecule is CC/C=C\C/C=C\C/C=C\C/C=C\CCCCC(=O)OC[C@H](COP(=O)(O)OCCN)OC(=O)CCC/C=C\C/C=C\C=C\[C@@H](O)C/C=C\CCCCC. The zero-order valence-corrected chi connectivity index (χ0v) is 33.9. The monoisotopic (exact) mass is 775 g/mol. The first-order chi connectivity index (χ1) is 26.2. The number of hydrogen-bond donors (Lipinski definition) is 3. The highest BCUT2D eigenvalue weighted by Crippen LogP contribution is 2.43. The highest BCUT2D eigenvalue weighted by Gasteiger charge is 2.25. The molecule has 0 aliphatic carbocycles. The Morgan fingerprint density at radius 2 is 1.24 bits per heavy atom. The minimum atomic E-state index is -4.42. The van der Waals surface area contributed by atoms with Crippen LogP contribution in [0.5, 0.6) is 0 Å². The predicted molar refractivity (Wildman–Crippen MR) is 221 cm³/mol. The molecule has 0 saturated carbocycles. The number of phosphoric ester groups is 1. The van der Waals surface area contributed by atoms with E-state index in [4.69, 9.17) is 24.3 Å². The third-order valence-electron chi connectivity index (χ3n) is 7.53. The first-order valence-corrected chi connectivity index (χ1v) is 21.3. The molecule has 0 amide bonds. The van der Waals surface area contributed by atoms with E-state index in [2.05, 4.69) is 68.5 Å². The van der Waals surface area contributed by atoms with E-state index in [0.717, 1.165) is 44.9 Å². The van der Waals surface area contributed by atoms with Crippen molar-refractivity contribution in [1.29, 1.82) is 0 Å². The van der Waals surface area contributed by atoms with E-state index < -0.39 is 38.6 Å². The Morgan fingerprint density at radius 3 is 1.89 bits per heavy atom. The van der Waals surface area contributed by atoms with Crippen molar-refractivity contribution in [3.05, 3.63) is 97.2 Å². The number of ether oxygens (including phenoxy) is 2. The molecule has 1 unspecified atom stereocenters. The summed E-state index contributed by atoms with van der Waals surface area (Å²) in [5.41, 5.74) is 5.32. The van der Waals surface area contributed by atoms with Gasteiger partial charge in [0.05, 0.1) is 19.3 Å². The summed E-state index contributed by atoms with van der Waals surface area (Å²) in [7, 11) is -4.42. The van der Waals surface area contributed by atoms with E-state index >= 15 is 0 Å². The van der Waals surface area contributed by atoms with Gasteiger partial charge < -0.3 is 25.2 Å². The number of aliphatic hydroxyl groups is 1. The summed E-state index contributed by atoms with van der Waals surface area (Å²) in [6, 6.07) is 0. The van der Waals surface area contributed by atoms with Gasteiger partial charge in [-0.25, -0.2) is 4.57 Å². The van der Waals surface area contributed by atoms with Gasteiger partial charge in [0, 0.05) is 19.4 Å². The molecule has 10 nitrogen and oxygen atoms in total. The number of esters is 2. The number of rotatable bonds is 35. The maximum atomic E-state index is 12.5. The molecule has 0 aliphatic heterocycles. The second-order valence-electron chi connectivity index (χ2n) is 12.6. The fourth-order valence-corrected chi connectivity index (χ4v) is 5.35. The van der Waals surface area contributed by atoms with Crippen molar-refractivity contribution in [2.75, 3.05) is 26.4 Å². The summed E-state index contributed by atoms with van der Waals surface area (Å²) >= 11 is 0. The molecule has 4 N–H and O–H groups in total.